The maximum absolute atomic E-state index is 9.81. The Morgan fingerprint density at radius 2 is 1.92 bits per heavy atom. The molecule has 0 spiro atoms. The Morgan fingerprint density at radius 3 is 2.31 bits per heavy atom. The van der Waals surface area contributed by atoms with E-state index in [2.05, 4.69) is 9.68 Å². The smallest absolute Gasteiger partial charge is 0.294 e. The van der Waals surface area contributed by atoms with Crippen LogP contribution < -0.4 is 0 Å². The maximum Gasteiger partial charge on any atom is 0.294 e. The molecule has 0 aliphatic heterocycles. The highest BCUT2D eigenvalue weighted by Crippen LogP contribution is 1.99. The van der Waals surface area contributed by atoms with Gasteiger partial charge in [0, 0.05) is 6.61 Å². The summed E-state index contributed by atoms with van der Waals surface area (Å²) >= 11 is 0. The van der Waals surface area contributed by atoms with Crippen molar-refractivity contribution < 1.29 is 25.0 Å². The van der Waals surface area contributed by atoms with Crippen LogP contribution in [0.5, 0.6) is 0 Å². The van der Waals surface area contributed by atoms with Crippen molar-refractivity contribution in [3.05, 3.63) is 20.2 Å². The van der Waals surface area contributed by atoms with Crippen LogP contribution in [0.1, 0.15) is 6.42 Å². The van der Waals surface area contributed by atoms with Gasteiger partial charge in [0.1, 0.15) is 12.7 Å². The van der Waals surface area contributed by atoms with Gasteiger partial charge in [-0.25, -0.2) is 0 Å². The van der Waals surface area contributed by atoms with Crippen molar-refractivity contribution in [1.29, 1.82) is 0 Å². The average Bonchev–Trinajstić information content (AvgIpc) is 1.99. The molecule has 0 saturated carbocycles. The number of nitrogens with zero attached hydrogens (tertiary/aromatic N) is 2. The first-order valence-electron chi connectivity index (χ1n) is 3.25. The predicted octanol–water partition coefficient (Wildman–Crippen LogP) is -0.846. The van der Waals surface area contributed by atoms with Gasteiger partial charge in [0.2, 0.25) is 0 Å². The third-order valence-electron chi connectivity index (χ3n) is 1.05. The van der Waals surface area contributed by atoms with E-state index in [-0.39, 0.29) is 13.0 Å². The van der Waals surface area contributed by atoms with Gasteiger partial charge in [0.05, 0.1) is 0 Å². The van der Waals surface area contributed by atoms with Crippen molar-refractivity contribution >= 4 is 0 Å². The van der Waals surface area contributed by atoms with E-state index < -0.39 is 22.9 Å². The zero-order valence-corrected chi connectivity index (χ0v) is 6.49. The summed E-state index contributed by atoms with van der Waals surface area (Å²) in [5.74, 6) is 0. The molecule has 0 heterocycles. The van der Waals surface area contributed by atoms with Crippen molar-refractivity contribution in [2.75, 3.05) is 13.2 Å². The van der Waals surface area contributed by atoms with Crippen LogP contribution in [-0.2, 0) is 9.68 Å². The molecular formula is C4H8N2O7. The second-order valence-corrected chi connectivity index (χ2v) is 1.98. The lowest BCUT2D eigenvalue weighted by molar-refractivity contribution is -0.790. The molecule has 1 atom stereocenters. The molecule has 0 fully saturated rings. The minimum absolute atomic E-state index is 0.102. The zero-order chi connectivity index (χ0) is 10.3. The molecule has 0 aliphatic carbocycles. The molecule has 0 radical (unpaired) electrons. The Labute approximate surface area is 72.1 Å². The Morgan fingerprint density at radius 1 is 1.31 bits per heavy atom. The Hall–Kier alpha value is -1.64. The van der Waals surface area contributed by atoms with Gasteiger partial charge in [-0.2, -0.15) is 0 Å². The van der Waals surface area contributed by atoms with Crippen molar-refractivity contribution in [2.45, 2.75) is 12.5 Å². The molecule has 0 rings (SSSR count). The molecule has 9 heteroatoms. The molecule has 0 aromatic carbocycles. The van der Waals surface area contributed by atoms with Gasteiger partial charge >= 0.3 is 0 Å². The molecular weight excluding hydrogens is 188 g/mol. The highest BCUT2D eigenvalue weighted by Gasteiger charge is 2.14. The lowest BCUT2D eigenvalue weighted by Gasteiger charge is -2.11. The van der Waals surface area contributed by atoms with Gasteiger partial charge in [0.15, 0.2) is 0 Å². The van der Waals surface area contributed by atoms with Crippen LogP contribution in [0, 0.1) is 20.2 Å². The molecule has 1 N–H and O–H groups in total. The van der Waals surface area contributed by atoms with Gasteiger partial charge in [-0.15, -0.1) is 20.2 Å². The second kappa shape index (κ2) is 5.94. The third kappa shape index (κ3) is 6.75. The Kier molecular flexibility index (Phi) is 5.19. The summed E-state index contributed by atoms with van der Waals surface area (Å²) in [5.41, 5.74) is 0. The molecule has 0 unspecified atom stereocenters. The largest absolute Gasteiger partial charge is 0.396 e. The van der Waals surface area contributed by atoms with Crippen molar-refractivity contribution in [3.8, 4) is 0 Å². The maximum atomic E-state index is 9.81. The Bertz CT molecular complexity index is 183. The van der Waals surface area contributed by atoms with Crippen LogP contribution in [0.3, 0.4) is 0 Å². The molecule has 0 aromatic rings. The minimum Gasteiger partial charge on any atom is -0.396 e. The zero-order valence-electron chi connectivity index (χ0n) is 6.49. The van der Waals surface area contributed by atoms with Crippen LogP contribution >= 0.6 is 0 Å². The van der Waals surface area contributed by atoms with Gasteiger partial charge in [-0.05, 0) is 6.42 Å². The summed E-state index contributed by atoms with van der Waals surface area (Å²) in [6, 6.07) is 0. The topological polar surface area (TPSA) is 125 Å². The molecule has 76 valence electrons. The van der Waals surface area contributed by atoms with Crippen LogP contribution in [0.4, 0.5) is 0 Å². The monoisotopic (exact) mass is 196 g/mol. The highest BCUT2D eigenvalue weighted by atomic mass is 17.0. The predicted molar refractivity (Wildman–Crippen MR) is 36.5 cm³/mol. The van der Waals surface area contributed by atoms with Gasteiger partial charge in [-0.1, -0.05) is 0 Å². The number of rotatable bonds is 7. The van der Waals surface area contributed by atoms with Crippen molar-refractivity contribution in [1.82, 2.24) is 0 Å². The van der Waals surface area contributed by atoms with E-state index in [1.807, 2.05) is 0 Å². The van der Waals surface area contributed by atoms with E-state index in [4.69, 9.17) is 5.11 Å². The van der Waals surface area contributed by atoms with Crippen LogP contribution in [-0.4, -0.2) is 34.6 Å². The van der Waals surface area contributed by atoms with Crippen molar-refractivity contribution in [2.24, 2.45) is 0 Å². The second-order valence-electron chi connectivity index (χ2n) is 1.98. The van der Waals surface area contributed by atoms with Crippen LogP contribution in [0.25, 0.3) is 0 Å². The fourth-order valence-electron chi connectivity index (χ4n) is 0.576. The van der Waals surface area contributed by atoms with E-state index in [9.17, 15) is 20.2 Å². The lowest BCUT2D eigenvalue weighted by atomic mass is 10.3. The first kappa shape index (κ1) is 11.4. The third-order valence-corrected chi connectivity index (χ3v) is 1.05. The van der Waals surface area contributed by atoms with Crippen molar-refractivity contribution in [3.63, 3.8) is 0 Å². The molecule has 0 saturated heterocycles. The fourth-order valence-corrected chi connectivity index (χ4v) is 0.576. The number of aliphatic hydroxyl groups excluding tert-OH is 1. The normalized spacial score (nSPS) is 11.8. The quantitative estimate of drug-likeness (QED) is 0.415. The number of hydrogen-bond donors (Lipinski definition) is 1. The molecule has 0 amide bonds. The summed E-state index contributed by atoms with van der Waals surface area (Å²) in [4.78, 5) is 27.3. The molecule has 13 heavy (non-hydrogen) atoms. The summed E-state index contributed by atoms with van der Waals surface area (Å²) in [6.45, 7) is -0.950. The average molecular weight is 196 g/mol. The van der Waals surface area contributed by atoms with E-state index in [0.717, 1.165) is 0 Å². The molecule has 0 aromatic heterocycles. The molecule has 0 aliphatic rings. The fraction of sp³-hybridized carbons (Fsp3) is 1.00. The van der Waals surface area contributed by atoms with Crippen LogP contribution in [0.15, 0.2) is 0 Å². The number of hydrogen-bond acceptors (Lipinski definition) is 7. The number of aliphatic hydroxyl groups is 1. The van der Waals surface area contributed by atoms with Gasteiger partial charge in [0.25, 0.3) is 10.2 Å². The van der Waals surface area contributed by atoms with E-state index >= 15 is 0 Å². The molecule has 9 nitrogen and oxygen atoms in total. The first-order valence-corrected chi connectivity index (χ1v) is 3.25. The SMILES string of the molecule is O=[N+]([O-])OC[C@@H](CCO)O[N+](=O)[O-]. The Balaban J connectivity index is 3.79. The van der Waals surface area contributed by atoms with Gasteiger partial charge < -0.3 is 14.8 Å². The summed E-state index contributed by atoms with van der Waals surface area (Å²) in [6.07, 6.45) is -1.22. The first-order chi connectivity index (χ1) is 6.06. The lowest BCUT2D eigenvalue weighted by Crippen LogP contribution is -2.25. The minimum atomic E-state index is -1.12. The van der Waals surface area contributed by atoms with Crippen LogP contribution in [0.2, 0.25) is 0 Å². The summed E-state index contributed by atoms with van der Waals surface area (Å²) < 4.78 is 0. The summed E-state index contributed by atoms with van der Waals surface area (Å²) in [5, 5.41) is 25.7. The standard InChI is InChI=1S/C4H8N2O7/c7-2-1-4(13-6(10)11)3-12-5(8)9/h4,7H,1-3H2/t4-/m1/s1. The highest BCUT2D eigenvalue weighted by molar-refractivity contribution is 4.51. The summed E-state index contributed by atoms with van der Waals surface area (Å²) in [7, 11) is 0. The van der Waals surface area contributed by atoms with E-state index in [1.165, 1.54) is 0 Å². The van der Waals surface area contributed by atoms with E-state index in [1.54, 1.807) is 0 Å². The van der Waals surface area contributed by atoms with Gasteiger partial charge in [-0.3, -0.25) is 0 Å². The molecule has 0 bridgehead atoms. The van der Waals surface area contributed by atoms with E-state index in [0.29, 0.717) is 0 Å².